The highest BCUT2D eigenvalue weighted by molar-refractivity contribution is 4.94. The Balaban J connectivity index is 2.63. The number of rotatable bonds is 5. The van der Waals surface area contributed by atoms with E-state index in [4.69, 9.17) is 4.74 Å². The van der Waals surface area contributed by atoms with Crippen LogP contribution in [0.1, 0.15) is 52.4 Å². The second-order valence-corrected chi connectivity index (χ2v) is 4.35. The first-order chi connectivity index (χ1) is 6.79. The van der Waals surface area contributed by atoms with E-state index >= 15 is 0 Å². The third-order valence-corrected chi connectivity index (χ3v) is 3.60. The Morgan fingerprint density at radius 1 is 1.21 bits per heavy atom. The SMILES string of the molecule is CCNC(CC)C1(OC)CCCCC1. The van der Waals surface area contributed by atoms with E-state index in [2.05, 4.69) is 19.2 Å². The van der Waals surface area contributed by atoms with Gasteiger partial charge in [-0.25, -0.2) is 0 Å². The summed E-state index contributed by atoms with van der Waals surface area (Å²) in [7, 11) is 1.88. The first-order valence-electron chi connectivity index (χ1n) is 6.07. The molecule has 0 aliphatic heterocycles. The highest BCUT2D eigenvalue weighted by Gasteiger charge is 2.38. The van der Waals surface area contributed by atoms with Crippen LogP contribution in [0.3, 0.4) is 0 Å². The van der Waals surface area contributed by atoms with Crippen LogP contribution in [-0.4, -0.2) is 25.3 Å². The minimum atomic E-state index is 0.128. The molecule has 0 amide bonds. The fourth-order valence-corrected chi connectivity index (χ4v) is 2.79. The van der Waals surface area contributed by atoms with Crippen molar-refractivity contribution >= 4 is 0 Å². The maximum Gasteiger partial charge on any atom is 0.0830 e. The van der Waals surface area contributed by atoms with Crippen LogP contribution < -0.4 is 5.32 Å². The van der Waals surface area contributed by atoms with Crippen molar-refractivity contribution in [3.05, 3.63) is 0 Å². The van der Waals surface area contributed by atoms with E-state index in [1.165, 1.54) is 38.5 Å². The molecule has 1 fully saturated rings. The molecule has 1 atom stereocenters. The molecule has 0 bridgehead atoms. The molecule has 84 valence electrons. The topological polar surface area (TPSA) is 21.3 Å². The van der Waals surface area contributed by atoms with E-state index < -0.39 is 0 Å². The average Bonchev–Trinajstić information content (AvgIpc) is 2.27. The van der Waals surface area contributed by atoms with Crippen LogP contribution in [0.5, 0.6) is 0 Å². The lowest BCUT2D eigenvalue weighted by Gasteiger charge is -2.42. The summed E-state index contributed by atoms with van der Waals surface area (Å²) in [5.74, 6) is 0. The van der Waals surface area contributed by atoms with Gasteiger partial charge in [0.2, 0.25) is 0 Å². The Labute approximate surface area is 88.4 Å². The molecule has 1 saturated carbocycles. The number of hydrogen-bond donors (Lipinski definition) is 1. The summed E-state index contributed by atoms with van der Waals surface area (Å²) in [6, 6.07) is 0.540. The Hall–Kier alpha value is -0.0800. The van der Waals surface area contributed by atoms with Gasteiger partial charge in [0.25, 0.3) is 0 Å². The van der Waals surface area contributed by atoms with Crippen LogP contribution in [0.25, 0.3) is 0 Å². The van der Waals surface area contributed by atoms with Gasteiger partial charge in [0.05, 0.1) is 5.60 Å². The predicted octanol–water partition coefficient (Wildman–Crippen LogP) is 2.72. The van der Waals surface area contributed by atoms with Crippen molar-refractivity contribution in [1.82, 2.24) is 5.32 Å². The van der Waals surface area contributed by atoms with Crippen LogP contribution >= 0.6 is 0 Å². The van der Waals surface area contributed by atoms with Crippen LogP contribution in [0.4, 0.5) is 0 Å². The maximum absolute atomic E-state index is 5.82. The first-order valence-corrected chi connectivity index (χ1v) is 6.07. The number of ether oxygens (including phenoxy) is 1. The fourth-order valence-electron chi connectivity index (χ4n) is 2.79. The van der Waals surface area contributed by atoms with E-state index in [0.29, 0.717) is 6.04 Å². The molecule has 0 aromatic carbocycles. The molecule has 0 spiro atoms. The summed E-state index contributed by atoms with van der Waals surface area (Å²) in [5.41, 5.74) is 0.128. The van der Waals surface area contributed by atoms with Crippen molar-refractivity contribution < 1.29 is 4.74 Å². The second kappa shape index (κ2) is 5.72. The van der Waals surface area contributed by atoms with E-state index in [1.807, 2.05) is 7.11 Å². The number of methoxy groups -OCH3 is 1. The van der Waals surface area contributed by atoms with Gasteiger partial charge in [-0.1, -0.05) is 33.1 Å². The van der Waals surface area contributed by atoms with E-state index in [9.17, 15) is 0 Å². The van der Waals surface area contributed by atoms with Gasteiger partial charge in [0.15, 0.2) is 0 Å². The molecular weight excluding hydrogens is 174 g/mol. The maximum atomic E-state index is 5.82. The molecule has 0 saturated heterocycles. The molecule has 0 aromatic heterocycles. The molecule has 1 aliphatic rings. The molecule has 2 heteroatoms. The van der Waals surface area contributed by atoms with Gasteiger partial charge in [0, 0.05) is 13.2 Å². The normalized spacial score (nSPS) is 23.4. The second-order valence-electron chi connectivity index (χ2n) is 4.35. The first kappa shape index (κ1) is 12.0. The van der Waals surface area contributed by atoms with Crippen molar-refractivity contribution in [1.29, 1.82) is 0 Å². The number of likely N-dealkylation sites (N-methyl/N-ethyl adjacent to an activating group) is 1. The minimum Gasteiger partial charge on any atom is -0.377 e. The average molecular weight is 199 g/mol. The lowest BCUT2D eigenvalue weighted by Crippen LogP contribution is -2.52. The quantitative estimate of drug-likeness (QED) is 0.735. The van der Waals surface area contributed by atoms with Crippen LogP contribution in [0.2, 0.25) is 0 Å². The van der Waals surface area contributed by atoms with E-state index in [0.717, 1.165) is 6.54 Å². The minimum absolute atomic E-state index is 0.128. The van der Waals surface area contributed by atoms with Crippen molar-refractivity contribution in [3.63, 3.8) is 0 Å². The Morgan fingerprint density at radius 3 is 2.29 bits per heavy atom. The number of nitrogens with one attached hydrogen (secondary N) is 1. The monoisotopic (exact) mass is 199 g/mol. The van der Waals surface area contributed by atoms with E-state index in [1.54, 1.807) is 0 Å². The largest absolute Gasteiger partial charge is 0.377 e. The van der Waals surface area contributed by atoms with Crippen molar-refractivity contribution in [2.45, 2.75) is 64.0 Å². The molecule has 1 N–H and O–H groups in total. The fraction of sp³-hybridized carbons (Fsp3) is 1.00. The zero-order valence-electron chi connectivity index (χ0n) is 9.94. The summed E-state index contributed by atoms with van der Waals surface area (Å²) in [4.78, 5) is 0. The molecule has 0 heterocycles. The van der Waals surface area contributed by atoms with Crippen LogP contribution in [0.15, 0.2) is 0 Å². The Morgan fingerprint density at radius 2 is 1.86 bits per heavy atom. The van der Waals surface area contributed by atoms with Gasteiger partial charge < -0.3 is 10.1 Å². The lowest BCUT2D eigenvalue weighted by atomic mass is 9.78. The van der Waals surface area contributed by atoms with Gasteiger partial charge in [-0.2, -0.15) is 0 Å². The van der Waals surface area contributed by atoms with Gasteiger partial charge in [-0.3, -0.25) is 0 Å². The van der Waals surface area contributed by atoms with Crippen molar-refractivity contribution in [2.24, 2.45) is 0 Å². The summed E-state index contributed by atoms with van der Waals surface area (Å²) in [6.07, 6.45) is 7.67. The highest BCUT2D eigenvalue weighted by Crippen LogP contribution is 2.35. The molecule has 14 heavy (non-hydrogen) atoms. The lowest BCUT2D eigenvalue weighted by molar-refractivity contribution is -0.0678. The molecule has 0 aromatic rings. The third kappa shape index (κ3) is 2.48. The van der Waals surface area contributed by atoms with Gasteiger partial charge in [0.1, 0.15) is 0 Å². The highest BCUT2D eigenvalue weighted by atomic mass is 16.5. The van der Waals surface area contributed by atoms with E-state index in [-0.39, 0.29) is 5.60 Å². The summed E-state index contributed by atoms with van der Waals surface area (Å²) in [5, 5.41) is 3.57. The Bertz CT molecular complexity index is 152. The molecule has 1 aliphatic carbocycles. The molecule has 2 nitrogen and oxygen atoms in total. The third-order valence-electron chi connectivity index (χ3n) is 3.60. The van der Waals surface area contributed by atoms with Gasteiger partial charge in [-0.05, 0) is 25.8 Å². The molecule has 0 radical (unpaired) electrons. The standard InChI is InChI=1S/C12H25NO/c1-4-11(13-5-2)12(14-3)9-7-6-8-10-12/h11,13H,4-10H2,1-3H3. The number of hydrogen-bond acceptors (Lipinski definition) is 2. The smallest absolute Gasteiger partial charge is 0.0830 e. The molecular formula is C12H25NO. The molecule has 1 unspecified atom stereocenters. The summed E-state index contributed by atoms with van der Waals surface area (Å²) >= 11 is 0. The van der Waals surface area contributed by atoms with Crippen molar-refractivity contribution in [3.8, 4) is 0 Å². The Kier molecular flexibility index (Phi) is 4.90. The molecule has 1 rings (SSSR count). The van der Waals surface area contributed by atoms with Crippen LogP contribution in [-0.2, 0) is 4.74 Å². The van der Waals surface area contributed by atoms with Gasteiger partial charge in [-0.15, -0.1) is 0 Å². The summed E-state index contributed by atoms with van der Waals surface area (Å²) in [6.45, 7) is 5.47. The zero-order valence-corrected chi connectivity index (χ0v) is 9.94. The van der Waals surface area contributed by atoms with Crippen LogP contribution in [0, 0.1) is 0 Å². The predicted molar refractivity (Wildman–Crippen MR) is 60.6 cm³/mol. The van der Waals surface area contributed by atoms with Gasteiger partial charge >= 0.3 is 0 Å². The van der Waals surface area contributed by atoms with Crippen molar-refractivity contribution in [2.75, 3.05) is 13.7 Å². The zero-order chi connectivity index (χ0) is 10.4. The summed E-state index contributed by atoms with van der Waals surface area (Å²) < 4.78 is 5.82.